The summed E-state index contributed by atoms with van der Waals surface area (Å²) in [6, 6.07) is 5.97. The summed E-state index contributed by atoms with van der Waals surface area (Å²) in [4.78, 5) is 0. The van der Waals surface area contributed by atoms with Crippen molar-refractivity contribution in [2.45, 2.75) is 58.0 Å². The molecule has 0 radical (unpaired) electrons. The molecule has 0 amide bonds. The fraction of sp³-hybridized carbons (Fsp3) is 0.684. The largest absolute Gasteiger partial charge is 0.508 e. The lowest BCUT2D eigenvalue weighted by atomic mass is 9.52. The number of fused-ring (bicyclic) bond motifs is 5. The molecule has 2 N–H and O–H groups in total. The van der Waals surface area contributed by atoms with Gasteiger partial charge in [0, 0.05) is 0 Å². The molecule has 3 unspecified atom stereocenters. The highest BCUT2D eigenvalue weighted by Gasteiger charge is 2.57. The summed E-state index contributed by atoms with van der Waals surface area (Å²) in [5.41, 5.74) is 2.94. The van der Waals surface area contributed by atoms with E-state index in [0.29, 0.717) is 23.5 Å². The van der Waals surface area contributed by atoms with Gasteiger partial charge in [0.25, 0.3) is 0 Å². The van der Waals surface area contributed by atoms with Gasteiger partial charge in [-0.2, -0.15) is 0 Å². The van der Waals surface area contributed by atoms with Crippen LogP contribution in [0.15, 0.2) is 18.2 Å². The Morgan fingerprint density at radius 3 is 2.81 bits per heavy atom. The first-order chi connectivity index (χ1) is 10.0. The van der Waals surface area contributed by atoms with Crippen LogP contribution in [0.2, 0.25) is 0 Å². The summed E-state index contributed by atoms with van der Waals surface area (Å²) >= 11 is 0. The van der Waals surface area contributed by atoms with Crippen LogP contribution >= 0.6 is 0 Å². The van der Waals surface area contributed by atoms with Crippen LogP contribution in [0.1, 0.15) is 56.6 Å². The second-order valence-electron chi connectivity index (χ2n) is 7.89. The van der Waals surface area contributed by atoms with Crippen molar-refractivity contribution in [1.82, 2.24) is 0 Å². The smallest absolute Gasteiger partial charge is 0.115 e. The number of aliphatic hydroxyl groups excluding tert-OH is 1. The molecule has 0 aromatic heterocycles. The SMILES string of the molecule is C[C@H]1CC2c3ccc(O)cc3CCC2C2CC[C@H](O)[C@]21C. The van der Waals surface area contributed by atoms with E-state index in [1.165, 1.54) is 30.4 Å². The summed E-state index contributed by atoms with van der Waals surface area (Å²) < 4.78 is 0. The van der Waals surface area contributed by atoms with Crippen molar-refractivity contribution in [3.8, 4) is 5.75 Å². The molecule has 6 atom stereocenters. The first kappa shape index (κ1) is 13.6. The van der Waals surface area contributed by atoms with Crippen LogP contribution in [0.25, 0.3) is 0 Å². The molecular weight excluding hydrogens is 260 g/mol. The second-order valence-corrected chi connectivity index (χ2v) is 7.89. The van der Waals surface area contributed by atoms with Crippen molar-refractivity contribution in [3.05, 3.63) is 29.3 Å². The Morgan fingerprint density at radius 2 is 2.00 bits per heavy atom. The number of aryl methyl sites for hydroxylation is 1. The first-order valence-electron chi connectivity index (χ1n) is 8.51. The van der Waals surface area contributed by atoms with Crippen LogP contribution in [0.4, 0.5) is 0 Å². The fourth-order valence-corrected chi connectivity index (χ4v) is 5.92. The number of benzene rings is 1. The van der Waals surface area contributed by atoms with E-state index in [9.17, 15) is 10.2 Å². The highest BCUT2D eigenvalue weighted by Crippen LogP contribution is 2.63. The third-order valence-corrected chi connectivity index (χ3v) is 7.24. The monoisotopic (exact) mass is 286 g/mol. The van der Waals surface area contributed by atoms with Gasteiger partial charge < -0.3 is 10.2 Å². The molecule has 1 aromatic carbocycles. The number of phenols is 1. The Bertz CT molecular complexity index is 567. The zero-order valence-electron chi connectivity index (χ0n) is 13.0. The quantitative estimate of drug-likeness (QED) is 0.760. The molecule has 0 aliphatic heterocycles. The molecule has 3 aliphatic rings. The van der Waals surface area contributed by atoms with E-state index in [4.69, 9.17) is 0 Å². The number of rotatable bonds is 0. The van der Waals surface area contributed by atoms with Gasteiger partial charge in [-0.05, 0) is 84.5 Å². The van der Waals surface area contributed by atoms with E-state index in [1.54, 1.807) is 0 Å². The number of aliphatic hydroxyl groups is 1. The lowest BCUT2D eigenvalue weighted by Gasteiger charge is -2.53. The molecule has 4 rings (SSSR count). The van der Waals surface area contributed by atoms with Gasteiger partial charge >= 0.3 is 0 Å². The van der Waals surface area contributed by atoms with Gasteiger partial charge in [-0.3, -0.25) is 0 Å². The maximum absolute atomic E-state index is 10.5. The first-order valence-corrected chi connectivity index (χ1v) is 8.51. The molecule has 0 bridgehead atoms. The van der Waals surface area contributed by atoms with E-state index >= 15 is 0 Å². The zero-order chi connectivity index (χ0) is 14.8. The van der Waals surface area contributed by atoms with Crippen LogP contribution in [0.5, 0.6) is 5.75 Å². The number of phenolic OH excluding ortho intramolecular Hbond substituents is 1. The molecule has 2 fully saturated rings. The van der Waals surface area contributed by atoms with Gasteiger partial charge in [-0.15, -0.1) is 0 Å². The standard InChI is InChI=1S/C19H26O2/c1-11-9-16-14-6-4-13(20)10-12(14)3-5-15(16)17-7-8-18(21)19(11,17)2/h4,6,10-11,15-18,20-21H,3,5,7-9H2,1-2H3/t11-,15?,16?,17?,18-,19-/m0/s1. The summed E-state index contributed by atoms with van der Waals surface area (Å²) in [5, 5.41) is 20.3. The average Bonchev–Trinajstić information content (AvgIpc) is 2.77. The van der Waals surface area contributed by atoms with Gasteiger partial charge in [0.2, 0.25) is 0 Å². The fourth-order valence-electron chi connectivity index (χ4n) is 5.92. The van der Waals surface area contributed by atoms with E-state index in [0.717, 1.165) is 18.8 Å². The molecule has 21 heavy (non-hydrogen) atoms. The molecule has 2 heteroatoms. The third kappa shape index (κ3) is 1.75. The summed E-state index contributed by atoms with van der Waals surface area (Å²) in [5.74, 6) is 2.99. The predicted octanol–water partition coefficient (Wildman–Crippen LogP) is 3.86. The molecule has 0 heterocycles. The Balaban J connectivity index is 1.75. The molecule has 1 aromatic rings. The van der Waals surface area contributed by atoms with Crippen LogP contribution < -0.4 is 0 Å². The van der Waals surface area contributed by atoms with Crippen LogP contribution in [-0.4, -0.2) is 16.3 Å². The third-order valence-electron chi connectivity index (χ3n) is 7.24. The van der Waals surface area contributed by atoms with E-state index in [1.807, 2.05) is 12.1 Å². The topological polar surface area (TPSA) is 40.5 Å². The Labute approximate surface area is 127 Å². The van der Waals surface area contributed by atoms with E-state index in [-0.39, 0.29) is 11.5 Å². The van der Waals surface area contributed by atoms with Crippen molar-refractivity contribution in [2.75, 3.05) is 0 Å². The highest BCUT2D eigenvalue weighted by atomic mass is 16.3. The molecular formula is C19H26O2. The number of hydrogen-bond donors (Lipinski definition) is 2. The van der Waals surface area contributed by atoms with Crippen molar-refractivity contribution in [2.24, 2.45) is 23.2 Å². The van der Waals surface area contributed by atoms with Gasteiger partial charge in [0.05, 0.1) is 6.10 Å². The lowest BCUT2D eigenvalue weighted by molar-refractivity contribution is -0.0627. The maximum Gasteiger partial charge on any atom is 0.115 e. The van der Waals surface area contributed by atoms with Crippen molar-refractivity contribution < 1.29 is 10.2 Å². The van der Waals surface area contributed by atoms with Gasteiger partial charge in [0.15, 0.2) is 0 Å². The van der Waals surface area contributed by atoms with Gasteiger partial charge in [-0.25, -0.2) is 0 Å². The molecule has 2 nitrogen and oxygen atoms in total. The highest BCUT2D eigenvalue weighted by molar-refractivity contribution is 5.40. The summed E-state index contributed by atoms with van der Waals surface area (Å²) in [6.07, 6.45) is 5.56. The second kappa shape index (κ2) is 4.49. The van der Waals surface area contributed by atoms with E-state index < -0.39 is 0 Å². The number of aromatic hydroxyl groups is 1. The van der Waals surface area contributed by atoms with Crippen molar-refractivity contribution in [3.63, 3.8) is 0 Å². The van der Waals surface area contributed by atoms with E-state index in [2.05, 4.69) is 19.9 Å². The van der Waals surface area contributed by atoms with Gasteiger partial charge in [0.1, 0.15) is 5.75 Å². The minimum atomic E-state index is -0.111. The normalized spacial score (nSPS) is 44.8. The van der Waals surface area contributed by atoms with Crippen LogP contribution in [0, 0.1) is 23.2 Å². The summed E-state index contributed by atoms with van der Waals surface area (Å²) in [6.45, 7) is 4.68. The van der Waals surface area contributed by atoms with Crippen molar-refractivity contribution >= 4 is 0 Å². The minimum absolute atomic E-state index is 0.111. The molecule has 0 saturated heterocycles. The van der Waals surface area contributed by atoms with Crippen LogP contribution in [0.3, 0.4) is 0 Å². The Hall–Kier alpha value is -1.02. The van der Waals surface area contributed by atoms with Crippen LogP contribution in [-0.2, 0) is 6.42 Å². The molecule has 3 aliphatic carbocycles. The molecule has 2 saturated carbocycles. The minimum Gasteiger partial charge on any atom is -0.508 e. The maximum atomic E-state index is 10.5. The predicted molar refractivity (Wildman–Crippen MR) is 83.3 cm³/mol. The zero-order valence-corrected chi connectivity index (χ0v) is 13.0. The molecule has 0 spiro atoms. The lowest BCUT2D eigenvalue weighted by Crippen LogP contribution is -2.48. The Kier molecular flexibility index (Phi) is 2.91. The average molecular weight is 286 g/mol. The molecule has 114 valence electrons. The van der Waals surface area contributed by atoms with Crippen molar-refractivity contribution in [1.29, 1.82) is 0 Å². The number of hydrogen-bond acceptors (Lipinski definition) is 2. The van der Waals surface area contributed by atoms with Gasteiger partial charge in [-0.1, -0.05) is 19.9 Å². The summed E-state index contributed by atoms with van der Waals surface area (Å²) in [7, 11) is 0. The Morgan fingerprint density at radius 1 is 1.19 bits per heavy atom.